The van der Waals surface area contributed by atoms with Gasteiger partial charge in [-0.05, 0) is 41.6 Å². The van der Waals surface area contributed by atoms with E-state index in [1.165, 1.54) is 22.7 Å². The first-order chi connectivity index (χ1) is 12.2. The Bertz CT molecular complexity index is 892. The van der Waals surface area contributed by atoms with Crippen molar-refractivity contribution in [1.82, 2.24) is 9.97 Å². The molecule has 4 rings (SSSR count). The molecule has 0 bridgehead atoms. The second kappa shape index (κ2) is 6.48. The van der Waals surface area contributed by atoms with Gasteiger partial charge >= 0.3 is 0 Å². The molecule has 0 radical (unpaired) electrons. The van der Waals surface area contributed by atoms with Crippen LogP contribution >= 0.6 is 11.3 Å². The number of anilines is 3. The Labute approximate surface area is 148 Å². The highest BCUT2D eigenvalue weighted by Gasteiger charge is 2.18. The Morgan fingerprint density at radius 1 is 1.16 bits per heavy atom. The summed E-state index contributed by atoms with van der Waals surface area (Å²) in [6.45, 7) is 1.86. The summed E-state index contributed by atoms with van der Waals surface area (Å²) in [5.74, 6) is 1.49. The number of nitrogens with zero attached hydrogens (tertiary/aromatic N) is 4. The number of nitrogens with one attached hydrogen (secondary N) is 1. The molecule has 25 heavy (non-hydrogen) atoms. The smallest absolute Gasteiger partial charge is 0.287 e. The standard InChI is InChI=1S/C17H15N5O2S/c23-22(24)14-2-3-16(18-10-14)20-13-1-4-17(19-9-13)21-7-5-15-12(11-21)6-8-25-15/h1-4,6,8-10H,5,7,11H2,(H,18,20). The van der Waals surface area contributed by atoms with E-state index in [0.717, 1.165) is 31.0 Å². The molecule has 3 aromatic heterocycles. The van der Waals surface area contributed by atoms with Crippen molar-refractivity contribution in [2.24, 2.45) is 0 Å². The Morgan fingerprint density at radius 2 is 2.08 bits per heavy atom. The number of hydrogen-bond acceptors (Lipinski definition) is 7. The van der Waals surface area contributed by atoms with Gasteiger partial charge in [0.15, 0.2) is 0 Å². The molecule has 1 N–H and O–H groups in total. The van der Waals surface area contributed by atoms with Crippen LogP contribution in [0.2, 0.25) is 0 Å². The Kier molecular flexibility index (Phi) is 4.02. The summed E-state index contributed by atoms with van der Waals surface area (Å²) in [6.07, 6.45) is 4.04. The second-order valence-corrected chi connectivity index (χ2v) is 6.73. The molecule has 0 spiro atoms. The topological polar surface area (TPSA) is 84.2 Å². The zero-order valence-electron chi connectivity index (χ0n) is 13.3. The number of nitro groups is 1. The van der Waals surface area contributed by atoms with Crippen LogP contribution in [0.3, 0.4) is 0 Å². The maximum absolute atomic E-state index is 10.6. The Morgan fingerprint density at radius 3 is 2.80 bits per heavy atom. The summed E-state index contributed by atoms with van der Waals surface area (Å²) in [6, 6.07) is 9.10. The van der Waals surface area contributed by atoms with Gasteiger partial charge in [0.25, 0.3) is 5.69 Å². The van der Waals surface area contributed by atoms with Crippen LogP contribution in [0.1, 0.15) is 10.4 Å². The quantitative estimate of drug-likeness (QED) is 0.568. The van der Waals surface area contributed by atoms with Crippen molar-refractivity contribution in [3.05, 3.63) is 68.7 Å². The van der Waals surface area contributed by atoms with Crippen LogP contribution in [0.15, 0.2) is 48.1 Å². The lowest BCUT2D eigenvalue weighted by molar-refractivity contribution is -0.385. The molecular formula is C17H15N5O2S. The third-order valence-corrected chi connectivity index (χ3v) is 5.13. The molecular weight excluding hydrogens is 338 g/mol. The molecule has 0 aromatic carbocycles. The molecule has 0 amide bonds. The van der Waals surface area contributed by atoms with Gasteiger partial charge in [-0.25, -0.2) is 9.97 Å². The predicted octanol–water partition coefficient (Wildman–Crippen LogP) is 3.75. The van der Waals surface area contributed by atoms with Crippen LogP contribution < -0.4 is 10.2 Å². The average molecular weight is 353 g/mol. The first-order valence-electron chi connectivity index (χ1n) is 7.83. The first kappa shape index (κ1) is 15.5. The van der Waals surface area contributed by atoms with Crippen molar-refractivity contribution >= 4 is 34.3 Å². The lowest BCUT2D eigenvalue weighted by Crippen LogP contribution is -2.29. The van der Waals surface area contributed by atoms with E-state index in [-0.39, 0.29) is 5.69 Å². The SMILES string of the molecule is O=[N+]([O-])c1ccc(Nc2ccc(N3CCc4sccc4C3)nc2)nc1. The minimum atomic E-state index is -0.468. The van der Waals surface area contributed by atoms with Crippen LogP contribution in [-0.2, 0) is 13.0 Å². The Hall–Kier alpha value is -3.00. The fourth-order valence-corrected chi connectivity index (χ4v) is 3.70. The van der Waals surface area contributed by atoms with E-state index in [2.05, 4.69) is 31.6 Å². The summed E-state index contributed by atoms with van der Waals surface area (Å²) in [7, 11) is 0. The van der Waals surface area contributed by atoms with E-state index in [4.69, 9.17) is 0 Å². The molecule has 4 heterocycles. The minimum Gasteiger partial charge on any atom is -0.352 e. The van der Waals surface area contributed by atoms with Crippen LogP contribution in [-0.4, -0.2) is 21.4 Å². The van der Waals surface area contributed by atoms with Gasteiger partial charge in [0.2, 0.25) is 0 Å². The summed E-state index contributed by atoms with van der Waals surface area (Å²) in [5, 5.41) is 15.9. The second-order valence-electron chi connectivity index (χ2n) is 5.73. The molecule has 126 valence electrons. The van der Waals surface area contributed by atoms with E-state index in [1.807, 2.05) is 23.5 Å². The number of thiophene rings is 1. The van der Waals surface area contributed by atoms with Crippen molar-refractivity contribution in [1.29, 1.82) is 0 Å². The summed E-state index contributed by atoms with van der Waals surface area (Å²) >= 11 is 1.82. The van der Waals surface area contributed by atoms with Gasteiger partial charge < -0.3 is 10.2 Å². The van der Waals surface area contributed by atoms with Crippen LogP contribution in [0.4, 0.5) is 23.0 Å². The monoisotopic (exact) mass is 353 g/mol. The minimum absolute atomic E-state index is 0.0306. The van der Waals surface area contributed by atoms with Gasteiger partial charge in [0.1, 0.15) is 17.8 Å². The lowest BCUT2D eigenvalue weighted by Gasteiger charge is -2.28. The molecule has 3 aromatic rings. The van der Waals surface area contributed by atoms with Gasteiger partial charge in [-0.3, -0.25) is 10.1 Å². The highest BCUT2D eigenvalue weighted by molar-refractivity contribution is 7.10. The normalized spacial score (nSPS) is 13.4. The van der Waals surface area contributed by atoms with Crippen LogP contribution in [0.25, 0.3) is 0 Å². The molecule has 0 fully saturated rings. The van der Waals surface area contributed by atoms with Gasteiger partial charge in [0.05, 0.1) is 16.8 Å². The van der Waals surface area contributed by atoms with Gasteiger partial charge in [0, 0.05) is 24.0 Å². The maximum atomic E-state index is 10.6. The summed E-state index contributed by atoms with van der Waals surface area (Å²) < 4.78 is 0. The highest BCUT2D eigenvalue weighted by atomic mass is 32.1. The number of fused-ring (bicyclic) bond motifs is 1. The van der Waals surface area contributed by atoms with Crippen molar-refractivity contribution in [2.45, 2.75) is 13.0 Å². The zero-order valence-corrected chi connectivity index (χ0v) is 14.1. The first-order valence-corrected chi connectivity index (χ1v) is 8.71. The van der Waals surface area contributed by atoms with E-state index in [1.54, 1.807) is 12.3 Å². The number of hydrogen-bond donors (Lipinski definition) is 1. The fraction of sp³-hybridized carbons (Fsp3) is 0.176. The summed E-state index contributed by atoms with van der Waals surface area (Å²) in [5.41, 5.74) is 2.14. The van der Waals surface area contributed by atoms with E-state index in [9.17, 15) is 10.1 Å². The van der Waals surface area contributed by atoms with Crippen LogP contribution in [0, 0.1) is 10.1 Å². The average Bonchev–Trinajstić information content (AvgIpc) is 3.10. The van der Waals surface area contributed by atoms with Crippen molar-refractivity contribution in [3.8, 4) is 0 Å². The van der Waals surface area contributed by atoms with Crippen LogP contribution in [0.5, 0.6) is 0 Å². The zero-order chi connectivity index (χ0) is 17.2. The third kappa shape index (κ3) is 3.29. The predicted molar refractivity (Wildman–Crippen MR) is 97.5 cm³/mol. The molecule has 0 atom stereocenters. The number of rotatable bonds is 4. The largest absolute Gasteiger partial charge is 0.352 e. The van der Waals surface area contributed by atoms with Crippen molar-refractivity contribution < 1.29 is 4.92 Å². The molecule has 7 nitrogen and oxygen atoms in total. The van der Waals surface area contributed by atoms with Crippen molar-refractivity contribution in [2.75, 3.05) is 16.8 Å². The molecule has 0 saturated heterocycles. The third-order valence-electron chi connectivity index (χ3n) is 4.11. The number of aromatic nitrogens is 2. The lowest BCUT2D eigenvalue weighted by atomic mass is 10.1. The highest BCUT2D eigenvalue weighted by Crippen LogP contribution is 2.27. The molecule has 1 aliphatic heterocycles. The maximum Gasteiger partial charge on any atom is 0.287 e. The van der Waals surface area contributed by atoms with E-state index >= 15 is 0 Å². The van der Waals surface area contributed by atoms with Gasteiger partial charge in [-0.2, -0.15) is 0 Å². The molecule has 0 aliphatic carbocycles. The van der Waals surface area contributed by atoms with Crippen molar-refractivity contribution in [3.63, 3.8) is 0 Å². The molecule has 0 saturated carbocycles. The van der Waals surface area contributed by atoms with E-state index in [0.29, 0.717) is 5.82 Å². The van der Waals surface area contributed by atoms with E-state index < -0.39 is 4.92 Å². The van der Waals surface area contributed by atoms with Gasteiger partial charge in [-0.15, -0.1) is 11.3 Å². The molecule has 8 heteroatoms. The van der Waals surface area contributed by atoms with Gasteiger partial charge in [-0.1, -0.05) is 0 Å². The summed E-state index contributed by atoms with van der Waals surface area (Å²) in [4.78, 5) is 22.5. The molecule has 1 aliphatic rings. The number of pyridine rings is 2. The molecule has 0 unspecified atom stereocenters. The Balaban J connectivity index is 1.44. The fourth-order valence-electron chi connectivity index (χ4n) is 2.81.